The van der Waals surface area contributed by atoms with Crippen molar-refractivity contribution in [3.63, 3.8) is 0 Å². The quantitative estimate of drug-likeness (QED) is 0.781. The molecule has 0 aliphatic heterocycles. The fourth-order valence-electron chi connectivity index (χ4n) is 1.73. The summed E-state index contributed by atoms with van der Waals surface area (Å²) in [5.41, 5.74) is 1.62. The van der Waals surface area contributed by atoms with E-state index in [2.05, 4.69) is 22.5 Å². The van der Waals surface area contributed by atoms with Gasteiger partial charge in [0.25, 0.3) is 5.91 Å². The largest absolute Gasteiger partial charge is 0.373 e. The van der Waals surface area contributed by atoms with Crippen LogP contribution in [-0.2, 0) is 6.42 Å². The molecule has 0 radical (unpaired) electrons. The molecule has 0 saturated carbocycles. The molecule has 0 aliphatic carbocycles. The number of rotatable bonds is 7. The van der Waals surface area contributed by atoms with Crippen LogP contribution in [0.5, 0.6) is 0 Å². The number of pyridine rings is 1. The van der Waals surface area contributed by atoms with Crippen molar-refractivity contribution in [1.82, 2.24) is 15.2 Å². The number of hydrogen-bond acceptors (Lipinski definition) is 4. The number of aryl methyl sites for hydroxylation is 1. The highest BCUT2D eigenvalue weighted by Crippen LogP contribution is 2.11. The van der Waals surface area contributed by atoms with Gasteiger partial charge in [0.2, 0.25) is 0 Å². The van der Waals surface area contributed by atoms with Crippen LogP contribution in [0.3, 0.4) is 0 Å². The molecular formula is C14H24N4O. The molecule has 1 heterocycles. The number of carbonyl (C=O) groups is 1. The predicted octanol–water partition coefficient (Wildman–Crippen LogP) is 1.37. The molecule has 106 valence electrons. The number of hydrogen-bond donors (Lipinski definition) is 2. The molecule has 1 amide bonds. The summed E-state index contributed by atoms with van der Waals surface area (Å²) < 4.78 is 0. The fraction of sp³-hybridized carbons (Fsp3) is 0.571. The van der Waals surface area contributed by atoms with Crippen LogP contribution < -0.4 is 10.6 Å². The highest BCUT2D eigenvalue weighted by Gasteiger charge is 2.09. The van der Waals surface area contributed by atoms with E-state index in [0.717, 1.165) is 30.9 Å². The maximum atomic E-state index is 12.1. The Morgan fingerprint density at radius 2 is 2.11 bits per heavy atom. The smallest absolute Gasteiger partial charge is 0.251 e. The van der Waals surface area contributed by atoms with Gasteiger partial charge in [0, 0.05) is 31.4 Å². The first-order chi connectivity index (χ1) is 9.06. The molecule has 2 N–H and O–H groups in total. The van der Waals surface area contributed by atoms with Gasteiger partial charge in [-0.1, -0.05) is 13.3 Å². The van der Waals surface area contributed by atoms with Crippen LogP contribution in [0.2, 0.25) is 0 Å². The summed E-state index contributed by atoms with van der Waals surface area (Å²) in [5, 5.41) is 5.91. The Hall–Kier alpha value is -1.62. The minimum absolute atomic E-state index is 0.0434. The molecule has 0 spiro atoms. The lowest BCUT2D eigenvalue weighted by molar-refractivity contribution is 0.0951. The minimum Gasteiger partial charge on any atom is -0.373 e. The first kappa shape index (κ1) is 15.4. The van der Waals surface area contributed by atoms with Gasteiger partial charge in [0.1, 0.15) is 5.82 Å². The summed E-state index contributed by atoms with van der Waals surface area (Å²) in [4.78, 5) is 18.5. The number of anilines is 1. The van der Waals surface area contributed by atoms with E-state index in [4.69, 9.17) is 0 Å². The monoisotopic (exact) mass is 264 g/mol. The molecule has 5 nitrogen and oxygen atoms in total. The van der Waals surface area contributed by atoms with Crippen molar-refractivity contribution in [2.45, 2.75) is 19.8 Å². The van der Waals surface area contributed by atoms with Crippen LogP contribution in [0.15, 0.2) is 12.1 Å². The third-order valence-corrected chi connectivity index (χ3v) is 2.75. The van der Waals surface area contributed by atoms with E-state index in [1.54, 1.807) is 6.07 Å². The second-order valence-corrected chi connectivity index (χ2v) is 4.79. The topological polar surface area (TPSA) is 57.3 Å². The lowest BCUT2D eigenvalue weighted by Gasteiger charge is -2.11. The van der Waals surface area contributed by atoms with Crippen molar-refractivity contribution in [3.05, 3.63) is 23.4 Å². The SMILES string of the molecule is CCCc1cc(C(=O)NCCN(C)C)cc(NC)n1. The Morgan fingerprint density at radius 3 is 2.68 bits per heavy atom. The van der Waals surface area contributed by atoms with Crippen LogP contribution in [0, 0.1) is 0 Å². The molecule has 0 aliphatic rings. The van der Waals surface area contributed by atoms with Crippen molar-refractivity contribution >= 4 is 11.7 Å². The third-order valence-electron chi connectivity index (χ3n) is 2.75. The van der Waals surface area contributed by atoms with E-state index >= 15 is 0 Å². The second kappa shape index (κ2) is 7.74. The van der Waals surface area contributed by atoms with E-state index < -0.39 is 0 Å². The van der Waals surface area contributed by atoms with Gasteiger partial charge in [-0.25, -0.2) is 4.98 Å². The third kappa shape index (κ3) is 5.26. The molecule has 0 aromatic carbocycles. The van der Waals surface area contributed by atoms with E-state index in [1.807, 2.05) is 32.1 Å². The number of aromatic nitrogens is 1. The highest BCUT2D eigenvalue weighted by molar-refractivity contribution is 5.95. The highest BCUT2D eigenvalue weighted by atomic mass is 16.1. The van der Waals surface area contributed by atoms with Gasteiger partial charge in [0.15, 0.2) is 0 Å². The lowest BCUT2D eigenvalue weighted by atomic mass is 10.1. The Kier molecular flexibility index (Phi) is 6.29. The average molecular weight is 264 g/mol. The van der Waals surface area contributed by atoms with E-state index in [0.29, 0.717) is 12.1 Å². The minimum atomic E-state index is -0.0434. The van der Waals surface area contributed by atoms with Crippen molar-refractivity contribution in [3.8, 4) is 0 Å². The zero-order valence-corrected chi connectivity index (χ0v) is 12.3. The molecule has 0 fully saturated rings. The Balaban J connectivity index is 2.74. The van der Waals surface area contributed by atoms with Crippen molar-refractivity contribution in [2.75, 3.05) is 39.5 Å². The van der Waals surface area contributed by atoms with Crippen LogP contribution in [0.4, 0.5) is 5.82 Å². The lowest BCUT2D eigenvalue weighted by Crippen LogP contribution is -2.31. The first-order valence-corrected chi connectivity index (χ1v) is 6.68. The van der Waals surface area contributed by atoms with Crippen molar-refractivity contribution in [2.24, 2.45) is 0 Å². The molecule has 1 rings (SSSR count). The molecular weight excluding hydrogens is 240 g/mol. The Morgan fingerprint density at radius 1 is 1.37 bits per heavy atom. The maximum Gasteiger partial charge on any atom is 0.251 e. The van der Waals surface area contributed by atoms with Crippen LogP contribution >= 0.6 is 0 Å². The number of amides is 1. The number of nitrogens with one attached hydrogen (secondary N) is 2. The van der Waals surface area contributed by atoms with Gasteiger partial charge >= 0.3 is 0 Å². The van der Waals surface area contributed by atoms with Gasteiger partial charge in [-0.05, 0) is 32.6 Å². The number of nitrogens with zero attached hydrogens (tertiary/aromatic N) is 2. The second-order valence-electron chi connectivity index (χ2n) is 4.79. The summed E-state index contributed by atoms with van der Waals surface area (Å²) >= 11 is 0. The molecule has 5 heteroatoms. The van der Waals surface area contributed by atoms with E-state index in [-0.39, 0.29) is 5.91 Å². The van der Waals surface area contributed by atoms with E-state index in [1.165, 1.54) is 0 Å². The summed E-state index contributed by atoms with van der Waals surface area (Å²) in [6.07, 6.45) is 1.90. The predicted molar refractivity (Wildman–Crippen MR) is 78.7 cm³/mol. The molecule has 0 saturated heterocycles. The molecule has 0 bridgehead atoms. The van der Waals surface area contributed by atoms with Crippen LogP contribution in [0.1, 0.15) is 29.4 Å². The summed E-state index contributed by atoms with van der Waals surface area (Å²) in [5.74, 6) is 0.696. The number of likely N-dealkylation sites (N-methyl/N-ethyl adjacent to an activating group) is 1. The first-order valence-electron chi connectivity index (χ1n) is 6.68. The standard InChI is InChI=1S/C14H24N4O/c1-5-6-12-9-11(10-13(15-2)17-12)14(19)16-7-8-18(3)4/h9-10H,5-8H2,1-4H3,(H,15,17)(H,16,19). The van der Waals surface area contributed by atoms with Gasteiger partial charge < -0.3 is 15.5 Å². The zero-order valence-electron chi connectivity index (χ0n) is 12.3. The average Bonchev–Trinajstić information content (AvgIpc) is 2.38. The van der Waals surface area contributed by atoms with Crippen molar-refractivity contribution < 1.29 is 4.79 Å². The van der Waals surface area contributed by atoms with Gasteiger partial charge in [-0.15, -0.1) is 0 Å². The molecule has 0 unspecified atom stereocenters. The molecule has 1 aromatic heterocycles. The van der Waals surface area contributed by atoms with Crippen LogP contribution in [-0.4, -0.2) is 50.0 Å². The van der Waals surface area contributed by atoms with Gasteiger partial charge in [0.05, 0.1) is 0 Å². The van der Waals surface area contributed by atoms with Crippen molar-refractivity contribution in [1.29, 1.82) is 0 Å². The Labute approximate surface area is 115 Å². The molecule has 19 heavy (non-hydrogen) atoms. The van der Waals surface area contributed by atoms with Gasteiger partial charge in [-0.2, -0.15) is 0 Å². The Bertz CT molecular complexity index is 418. The molecule has 0 atom stereocenters. The summed E-state index contributed by atoms with van der Waals surface area (Å²) in [6, 6.07) is 3.65. The fourth-order valence-corrected chi connectivity index (χ4v) is 1.73. The molecule has 1 aromatic rings. The van der Waals surface area contributed by atoms with E-state index in [9.17, 15) is 4.79 Å². The normalized spacial score (nSPS) is 10.6. The summed E-state index contributed by atoms with van der Waals surface area (Å²) in [7, 11) is 5.78. The maximum absolute atomic E-state index is 12.1. The summed E-state index contributed by atoms with van der Waals surface area (Å²) in [6.45, 7) is 3.58. The van der Waals surface area contributed by atoms with Crippen LogP contribution in [0.25, 0.3) is 0 Å². The zero-order chi connectivity index (χ0) is 14.3. The van der Waals surface area contributed by atoms with Gasteiger partial charge in [-0.3, -0.25) is 4.79 Å². The number of carbonyl (C=O) groups excluding carboxylic acids is 1.